The van der Waals surface area contributed by atoms with Crippen molar-refractivity contribution in [1.29, 1.82) is 0 Å². The van der Waals surface area contributed by atoms with Gasteiger partial charge in [-0.2, -0.15) is 0 Å². The van der Waals surface area contributed by atoms with E-state index in [0.29, 0.717) is 19.4 Å². The first-order valence-corrected chi connectivity index (χ1v) is 14.7. The van der Waals surface area contributed by atoms with Crippen LogP contribution in [0.2, 0.25) is 0 Å². The molecule has 0 fully saturated rings. The van der Waals surface area contributed by atoms with Crippen LogP contribution in [0.15, 0.2) is 66.1 Å². The van der Waals surface area contributed by atoms with Crippen molar-refractivity contribution in [3.8, 4) is 5.75 Å². The number of carbonyl (C=O) groups excluding carboxylic acids is 1. The predicted octanol–water partition coefficient (Wildman–Crippen LogP) is 6.59. The summed E-state index contributed by atoms with van der Waals surface area (Å²) in [6.45, 7) is 10.6. The summed E-state index contributed by atoms with van der Waals surface area (Å²) in [6.07, 6.45) is 0.924. The second-order valence-corrected chi connectivity index (χ2v) is 9.77. The number of carboxylic acid groups (broad SMARTS) is 1. The van der Waals surface area contributed by atoms with E-state index in [4.69, 9.17) is 26.8 Å². The van der Waals surface area contributed by atoms with E-state index in [1.165, 1.54) is 21.4 Å². The lowest BCUT2D eigenvalue weighted by atomic mass is 10.1. The number of carbonyl (C=O) groups is 2. The van der Waals surface area contributed by atoms with Crippen molar-refractivity contribution in [2.75, 3.05) is 20.2 Å². The van der Waals surface area contributed by atoms with Crippen molar-refractivity contribution in [1.82, 2.24) is 10.2 Å². The molecule has 2 aromatic carbocycles. The molecule has 214 valence electrons. The summed E-state index contributed by atoms with van der Waals surface area (Å²) in [5.41, 5.74) is 3.08. The first-order chi connectivity index (χ1) is 18.9. The van der Waals surface area contributed by atoms with Gasteiger partial charge in [-0.3, -0.25) is 9.59 Å². The van der Waals surface area contributed by atoms with Crippen LogP contribution in [-0.2, 0) is 20.7 Å². The van der Waals surface area contributed by atoms with Gasteiger partial charge in [0.25, 0.3) is 0 Å². The Labute approximate surface area is 243 Å². The highest BCUT2D eigenvalue weighted by Crippen LogP contribution is 2.28. The average molecular weight is 575 g/mol. The number of amides is 1. The summed E-state index contributed by atoms with van der Waals surface area (Å²) in [6, 6.07) is 17.7. The van der Waals surface area contributed by atoms with Crippen molar-refractivity contribution in [2.24, 2.45) is 0 Å². The molecule has 2 unspecified atom stereocenters. The molecule has 0 radical (unpaired) electrons. The van der Waals surface area contributed by atoms with Crippen LogP contribution < -0.4 is 10.1 Å². The third-order valence-electron chi connectivity index (χ3n) is 5.63. The average Bonchev–Trinajstić information content (AvgIpc) is 3.34. The van der Waals surface area contributed by atoms with E-state index in [2.05, 4.69) is 5.32 Å². The summed E-state index contributed by atoms with van der Waals surface area (Å²) < 4.78 is 13.3. The van der Waals surface area contributed by atoms with Crippen molar-refractivity contribution >= 4 is 40.6 Å². The Balaban J connectivity index is 0.00000181. The van der Waals surface area contributed by atoms with E-state index in [9.17, 15) is 9.59 Å². The van der Waals surface area contributed by atoms with E-state index in [0.717, 1.165) is 28.3 Å². The number of benzene rings is 2. The van der Waals surface area contributed by atoms with Gasteiger partial charge >= 0.3 is 5.97 Å². The molecule has 0 saturated carbocycles. The summed E-state index contributed by atoms with van der Waals surface area (Å²) in [7, 11) is 1.61. The van der Waals surface area contributed by atoms with Crippen molar-refractivity contribution in [3.63, 3.8) is 0 Å². The Morgan fingerprint density at radius 1 is 1.13 bits per heavy atom. The lowest BCUT2D eigenvalue weighted by Gasteiger charge is -2.22. The minimum Gasteiger partial charge on any atom is -0.493 e. The number of hydrogen-bond acceptors (Lipinski definition) is 7. The number of rotatable bonds is 13. The number of thioether (sulfide) groups is 1. The van der Waals surface area contributed by atoms with Gasteiger partial charge in [0.1, 0.15) is 11.5 Å². The van der Waals surface area contributed by atoms with Crippen LogP contribution in [0.4, 0.5) is 0 Å². The van der Waals surface area contributed by atoms with Gasteiger partial charge < -0.3 is 24.8 Å². The first-order valence-electron chi connectivity index (χ1n) is 13.3. The van der Waals surface area contributed by atoms with Gasteiger partial charge in [0.2, 0.25) is 5.91 Å². The fourth-order valence-corrected chi connectivity index (χ4v) is 4.77. The lowest BCUT2D eigenvalue weighted by molar-refractivity contribution is -0.138. The van der Waals surface area contributed by atoms with Crippen LogP contribution in [-0.4, -0.2) is 52.0 Å². The summed E-state index contributed by atoms with van der Waals surface area (Å²) in [5.74, 6) is 0.548. The number of carboxylic acids is 1. The van der Waals surface area contributed by atoms with E-state index >= 15 is 0 Å². The highest BCUT2D eigenvalue weighted by Gasteiger charge is 2.24. The Hall–Kier alpha value is -3.04. The van der Waals surface area contributed by atoms with Crippen LogP contribution in [0, 0.1) is 0 Å². The molecule has 2 N–H and O–H groups in total. The monoisotopic (exact) mass is 574 g/mol. The Kier molecular flexibility index (Phi) is 16.6. The Morgan fingerprint density at radius 3 is 2.36 bits per heavy atom. The molecule has 39 heavy (non-hydrogen) atoms. The zero-order chi connectivity index (χ0) is 29.2. The fourth-order valence-electron chi connectivity index (χ4n) is 3.65. The SMILES string of the molecule is CC.CC.CC1=C(CCOc2ccc(CC(SC=S)C(=O)N(C)CCC(=O)O)cc2)NC(c2ccccc2)O1. The summed E-state index contributed by atoms with van der Waals surface area (Å²) in [4.78, 5) is 25.0. The molecule has 1 heterocycles. The maximum absolute atomic E-state index is 12.7. The number of hydrogen-bond donors (Lipinski definition) is 2. The molecule has 1 aliphatic heterocycles. The number of thiocarbonyl (C=S) groups is 1. The number of nitrogens with one attached hydrogen (secondary N) is 1. The minimum absolute atomic E-state index is 0.0891. The molecule has 2 atom stereocenters. The molecular formula is C30H42N2O5S2. The quantitative estimate of drug-likeness (QED) is 0.259. The Morgan fingerprint density at radius 2 is 1.77 bits per heavy atom. The summed E-state index contributed by atoms with van der Waals surface area (Å²) >= 11 is 6.22. The number of ether oxygens (including phenoxy) is 2. The summed E-state index contributed by atoms with van der Waals surface area (Å²) in [5, 5.41) is 11.9. The van der Waals surface area contributed by atoms with Gasteiger partial charge in [0.15, 0.2) is 6.23 Å². The second-order valence-electron chi connectivity index (χ2n) is 8.16. The molecule has 0 aliphatic carbocycles. The fraction of sp³-hybridized carbons (Fsp3) is 0.433. The number of nitrogens with zero attached hydrogens (tertiary/aromatic N) is 1. The molecule has 2 aromatic rings. The van der Waals surface area contributed by atoms with Crippen molar-refractivity contribution < 1.29 is 24.2 Å². The van der Waals surface area contributed by atoms with Gasteiger partial charge in [-0.25, -0.2) is 0 Å². The lowest BCUT2D eigenvalue weighted by Crippen LogP contribution is -2.37. The van der Waals surface area contributed by atoms with Crippen LogP contribution in [0.3, 0.4) is 0 Å². The standard InChI is InChI=1S/C26H30N2O5S2.2C2H6/c1-18-22(27-25(33-18)20-6-4-3-5-7-20)13-15-32-21-10-8-19(9-11-21)16-23(35-17-34)26(31)28(2)14-12-24(29)30;2*1-2/h3-11,17,23,25,27H,12-16H2,1-2H3,(H,29,30);2*1-2H3. The van der Waals surface area contributed by atoms with E-state index in [1.54, 1.807) is 7.05 Å². The molecule has 0 bridgehead atoms. The second kappa shape index (κ2) is 19.1. The zero-order valence-corrected chi connectivity index (χ0v) is 25.4. The molecular weight excluding hydrogens is 532 g/mol. The molecule has 3 rings (SSSR count). The van der Waals surface area contributed by atoms with Gasteiger partial charge in [-0.05, 0) is 31.0 Å². The third kappa shape index (κ3) is 11.7. The van der Waals surface area contributed by atoms with E-state index < -0.39 is 11.2 Å². The smallest absolute Gasteiger partial charge is 0.305 e. The van der Waals surface area contributed by atoms with Gasteiger partial charge in [-0.15, -0.1) is 11.8 Å². The van der Waals surface area contributed by atoms with Gasteiger partial charge in [0, 0.05) is 30.3 Å². The van der Waals surface area contributed by atoms with Crippen LogP contribution in [0.5, 0.6) is 5.75 Å². The van der Waals surface area contributed by atoms with Crippen molar-refractivity contribution in [3.05, 3.63) is 77.2 Å². The molecule has 9 heteroatoms. The van der Waals surface area contributed by atoms with Gasteiger partial charge in [-0.1, -0.05) is 82.4 Å². The molecule has 0 spiro atoms. The predicted molar refractivity (Wildman–Crippen MR) is 164 cm³/mol. The number of allylic oxidation sites excluding steroid dienone is 1. The van der Waals surface area contributed by atoms with Crippen LogP contribution in [0.25, 0.3) is 0 Å². The zero-order valence-electron chi connectivity index (χ0n) is 23.8. The number of aliphatic carboxylic acids is 1. The minimum atomic E-state index is -0.932. The van der Waals surface area contributed by atoms with E-state index in [-0.39, 0.29) is 25.1 Å². The van der Waals surface area contributed by atoms with Crippen molar-refractivity contribution in [2.45, 2.75) is 65.4 Å². The molecule has 1 amide bonds. The van der Waals surface area contributed by atoms with E-state index in [1.807, 2.05) is 89.2 Å². The van der Waals surface area contributed by atoms with Gasteiger partial charge in [0.05, 0.1) is 24.0 Å². The normalized spacial score (nSPS) is 14.4. The van der Waals surface area contributed by atoms with Crippen LogP contribution in [0.1, 0.15) is 64.8 Å². The largest absolute Gasteiger partial charge is 0.493 e. The maximum Gasteiger partial charge on any atom is 0.305 e. The first kappa shape index (κ1) is 34.0. The topological polar surface area (TPSA) is 88.1 Å². The highest BCUT2D eigenvalue weighted by molar-refractivity contribution is 8.21. The third-order valence-corrected chi connectivity index (χ3v) is 6.77. The maximum atomic E-state index is 12.7. The molecule has 0 saturated heterocycles. The Bertz CT molecular complexity index is 1050. The molecule has 7 nitrogen and oxygen atoms in total. The molecule has 0 aromatic heterocycles. The van der Waals surface area contributed by atoms with Crippen LogP contribution >= 0.6 is 24.0 Å². The highest BCUT2D eigenvalue weighted by atomic mass is 32.2. The molecule has 1 aliphatic rings.